The van der Waals surface area contributed by atoms with Crippen LogP contribution >= 0.6 is 0 Å². The van der Waals surface area contributed by atoms with Crippen molar-refractivity contribution in [2.75, 3.05) is 0 Å². The van der Waals surface area contributed by atoms with Crippen LogP contribution in [0.5, 0.6) is 0 Å². The summed E-state index contributed by atoms with van der Waals surface area (Å²) in [4.78, 5) is 25.2. The minimum absolute atomic E-state index is 0.224. The van der Waals surface area contributed by atoms with Crippen LogP contribution in [0.15, 0.2) is 47.5 Å². The first-order valence-corrected chi connectivity index (χ1v) is 8.17. The molecule has 0 aliphatic rings. The van der Waals surface area contributed by atoms with Gasteiger partial charge >= 0.3 is 0 Å². The summed E-state index contributed by atoms with van der Waals surface area (Å²) in [6.45, 7) is 5.03. The molecule has 1 aromatic carbocycles. The number of aliphatic hydroxyl groups is 1. The Morgan fingerprint density at radius 1 is 1.23 bits per heavy atom. The van der Waals surface area contributed by atoms with Crippen LogP contribution in [0, 0.1) is 0 Å². The summed E-state index contributed by atoms with van der Waals surface area (Å²) in [5.41, 5.74) is 2.95. The topological polar surface area (TPSA) is 116 Å². The van der Waals surface area contributed by atoms with Crippen LogP contribution in [0.4, 0.5) is 0 Å². The minimum atomic E-state index is -1.56. The van der Waals surface area contributed by atoms with E-state index in [1.165, 1.54) is 17.8 Å². The molecule has 1 unspecified atom stereocenters. The molecule has 0 aliphatic heterocycles. The Hall–Kier alpha value is -3.00. The Morgan fingerprint density at radius 3 is 2.58 bits per heavy atom. The molecule has 0 saturated carbocycles. The second-order valence-corrected chi connectivity index (χ2v) is 7.10. The first-order valence-electron chi connectivity index (χ1n) is 8.17. The van der Waals surface area contributed by atoms with Crippen molar-refractivity contribution < 1.29 is 9.90 Å². The number of nitrogens with two attached hydrogens (primary N) is 1. The van der Waals surface area contributed by atoms with Crippen LogP contribution in [0.1, 0.15) is 26.5 Å². The van der Waals surface area contributed by atoms with Crippen molar-refractivity contribution in [2.24, 2.45) is 5.73 Å². The Balaban J connectivity index is 2.17. The summed E-state index contributed by atoms with van der Waals surface area (Å²) in [5.74, 6) is -0.754. The number of fused-ring (bicyclic) bond motifs is 1. The number of aromatic nitrogens is 4. The smallest absolute Gasteiger partial charge is 0.276 e. The molecule has 0 saturated heterocycles. The van der Waals surface area contributed by atoms with E-state index in [-0.39, 0.29) is 12.2 Å². The highest BCUT2D eigenvalue weighted by Gasteiger charge is 2.40. The van der Waals surface area contributed by atoms with Gasteiger partial charge in [0.1, 0.15) is 0 Å². The summed E-state index contributed by atoms with van der Waals surface area (Å²) in [5, 5.41) is 19.6. The Labute approximate surface area is 149 Å². The van der Waals surface area contributed by atoms with Gasteiger partial charge in [-0.1, -0.05) is 18.2 Å². The van der Waals surface area contributed by atoms with Gasteiger partial charge in [-0.3, -0.25) is 14.3 Å². The number of hydrogen-bond acceptors (Lipinski definition) is 5. The van der Waals surface area contributed by atoms with E-state index in [0.29, 0.717) is 10.8 Å². The molecular weight excluding hydrogens is 334 g/mol. The van der Waals surface area contributed by atoms with Crippen LogP contribution in [0.3, 0.4) is 0 Å². The lowest BCUT2D eigenvalue weighted by atomic mass is 9.97. The summed E-state index contributed by atoms with van der Waals surface area (Å²) < 4.78 is 2.57. The van der Waals surface area contributed by atoms with Crippen molar-refractivity contribution >= 4 is 16.7 Å². The largest absolute Gasteiger partial charge is 0.389 e. The van der Waals surface area contributed by atoms with Crippen LogP contribution in [0.2, 0.25) is 0 Å². The van der Waals surface area contributed by atoms with E-state index in [9.17, 15) is 14.7 Å². The zero-order valence-electron chi connectivity index (χ0n) is 14.9. The predicted octanol–water partition coefficient (Wildman–Crippen LogP) is 0.613. The fraction of sp³-hybridized carbons (Fsp3) is 0.333. The lowest BCUT2D eigenvalue weighted by molar-refractivity contribution is -0.124. The van der Waals surface area contributed by atoms with Crippen LogP contribution in [-0.4, -0.2) is 36.2 Å². The van der Waals surface area contributed by atoms with E-state index in [0.717, 1.165) is 4.68 Å². The Kier molecular flexibility index (Phi) is 4.15. The Bertz CT molecular complexity index is 1030. The molecule has 3 rings (SSSR count). The molecule has 8 nitrogen and oxygen atoms in total. The van der Waals surface area contributed by atoms with Crippen molar-refractivity contribution in [1.82, 2.24) is 19.6 Å². The van der Waals surface area contributed by atoms with Crippen LogP contribution < -0.4 is 11.3 Å². The van der Waals surface area contributed by atoms with Gasteiger partial charge in [0.15, 0.2) is 5.54 Å². The molecule has 136 valence electrons. The van der Waals surface area contributed by atoms with E-state index < -0.39 is 22.6 Å². The number of hydrogen-bond donors (Lipinski definition) is 2. The van der Waals surface area contributed by atoms with E-state index >= 15 is 0 Å². The highest BCUT2D eigenvalue weighted by atomic mass is 16.3. The van der Waals surface area contributed by atoms with E-state index in [2.05, 4.69) is 10.2 Å². The number of rotatable bonds is 5. The normalized spacial score (nSPS) is 14.3. The maximum atomic E-state index is 12.9. The highest BCUT2D eigenvalue weighted by Crippen LogP contribution is 2.23. The monoisotopic (exact) mass is 355 g/mol. The van der Waals surface area contributed by atoms with Gasteiger partial charge in [-0.15, -0.1) is 0 Å². The number of amides is 1. The third-order valence-corrected chi connectivity index (χ3v) is 4.29. The molecule has 2 aromatic heterocycles. The van der Waals surface area contributed by atoms with Gasteiger partial charge in [0, 0.05) is 11.6 Å². The first-order chi connectivity index (χ1) is 12.1. The maximum absolute atomic E-state index is 12.9. The van der Waals surface area contributed by atoms with Gasteiger partial charge in [0.2, 0.25) is 0 Å². The van der Waals surface area contributed by atoms with Crippen molar-refractivity contribution in [1.29, 1.82) is 0 Å². The van der Waals surface area contributed by atoms with Crippen LogP contribution in [0.25, 0.3) is 10.8 Å². The molecule has 1 atom stereocenters. The van der Waals surface area contributed by atoms with E-state index in [4.69, 9.17) is 5.73 Å². The molecule has 0 spiro atoms. The average Bonchev–Trinajstić information content (AvgIpc) is 3.01. The zero-order chi connectivity index (χ0) is 19.1. The Morgan fingerprint density at radius 2 is 1.92 bits per heavy atom. The molecule has 3 aromatic rings. The molecule has 0 fully saturated rings. The third kappa shape index (κ3) is 2.99. The second kappa shape index (κ2) is 6.06. The van der Waals surface area contributed by atoms with E-state index in [1.54, 1.807) is 50.4 Å². The molecule has 8 heteroatoms. The van der Waals surface area contributed by atoms with Crippen LogP contribution in [-0.2, 0) is 16.9 Å². The number of benzene rings is 1. The number of nitrogens with zero attached hydrogens (tertiary/aromatic N) is 4. The standard InChI is InChI=1S/C18H21N5O3/c1-17(2,26)11-22-9-8-14(21-22)18(3,16(19)25)23-15(24)13-7-5-4-6-12(13)10-20-23/h4-10,26H,11H2,1-3H3,(H2,19,25). The number of carbonyl (C=O) groups is 1. The molecule has 1 amide bonds. The van der Waals surface area contributed by atoms with Gasteiger partial charge < -0.3 is 10.8 Å². The van der Waals surface area contributed by atoms with Gasteiger partial charge in [-0.05, 0) is 32.9 Å². The second-order valence-electron chi connectivity index (χ2n) is 7.10. The quantitative estimate of drug-likeness (QED) is 0.696. The first kappa shape index (κ1) is 17.8. The summed E-state index contributed by atoms with van der Waals surface area (Å²) in [6.07, 6.45) is 3.15. The lowest BCUT2D eigenvalue weighted by Crippen LogP contribution is -2.51. The van der Waals surface area contributed by atoms with Crippen molar-refractivity contribution in [3.05, 3.63) is 58.8 Å². The highest BCUT2D eigenvalue weighted by molar-refractivity contribution is 5.86. The third-order valence-electron chi connectivity index (χ3n) is 4.29. The molecule has 26 heavy (non-hydrogen) atoms. The summed E-state index contributed by atoms with van der Waals surface area (Å²) in [7, 11) is 0. The molecule has 0 radical (unpaired) electrons. The fourth-order valence-corrected chi connectivity index (χ4v) is 2.85. The number of primary amides is 1. The van der Waals surface area contributed by atoms with Gasteiger partial charge in [-0.25, -0.2) is 4.68 Å². The van der Waals surface area contributed by atoms with Gasteiger partial charge in [0.05, 0.1) is 29.4 Å². The van der Waals surface area contributed by atoms with E-state index in [1.807, 2.05) is 0 Å². The zero-order valence-corrected chi connectivity index (χ0v) is 14.9. The van der Waals surface area contributed by atoms with Crippen molar-refractivity contribution in [3.63, 3.8) is 0 Å². The average molecular weight is 355 g/mol. The van der Waals surface area contributed by atoms with Gasteiger partial charge in [0.25, 0.3) is 11.5 Å². The molecular formula is C18H21N5O3. The SMILES string of the molecule is CC(C)(O)Cn1ccc(C(C)(C(N)=O)n2ncc3ccccc3c2=O)n1. The molecule has 2 heterocycles. The minimum Gasteiger partial charge on any atom is -0.389 e. The summed E-state index contributed by atoms with van der Waals surface area (Å²) >= 11 is 0. The van der Waals surface area contributed by atoms with Crippen molar-refractivity contribution in [2.45, 2.75) is 38.5 Å². The number of carbonyl (C=O) groups excluding carboxylic acids is 1. The molecule has 3 N–H and O–H groups in total. The predicted molar refractivity (Wildman–Crippen MR) is 96.5 cm³/mol. The maximum Gasteiger partial charge on any atom is 0.276 e. The van der Waals surface area contributed by atoms with Crippen molar-refractivity contribution in [3.8, 4) is 0 Å². The molecule has 0 aliphatic carbocycles. The molecule has 0 bridgehead atoms. The fourth-order valence-electron chi connectivity index (χ4n) is 2.85. The lowest BCUT2D eigenvalue weighted by Gasteiger charge is -2.25. The van der Waals surface area contributed by atoms with Gasteiger partial charge in [-0.2, -0.15) is 10.2 Å². The summed E-state index contributed by atoms with van der Waals surface area (Å²) in [6, 6.07) is 8.59.